The van der Waals surface area contributed by atoms with E-state index in [2.05, 4.69) is 9.88 Å². The molecule has 0 aliphatic carbocycles. The molecule has 0 bridgehead atoms. The van der Waals surface area contributed by atoms with Crippen LogP contribution in [0.3, 0.4) is 0 Å². The third-order valence-corrected chi connectivity index (χ3v) is 5.72. The molecular weight excluding hydrogens is 386 g/mol. The van der Waals surface area contributed by atoms with Crippen molar-refractivity contribution in [3.05, 3.63) is 58.9 Å². The van der Waals surface area contributed by atoms with Crippen LogP contribution in [0.25, 0.3) is 6.08 Å². The highest BCUT2D eigenvalue weighted by Crippen LogP contribution is 2.25. The van der Waals surface area contributed by atoms with Gasteiger partial charge in [0.2, 0.25) is 0 Å². The minimum absolute atomic E-state index is 0.0693. The number of para-hydroxylation sites is 1. The molecule has 7 heteroatoms. The molecule has 3 heterocycles. The van der Waals surface area contributed by atoms with Crippen molar-refractivity contribution < 1.29 is 14.3 Å². The molecule has 1 aromatic heterocycles. The van der Waals surface area contributed by atoms with E-state index in [9.17, 15) is 9.59 Å². The van der Waals surface area contributed by atoms with E-state index in [0.717, 1.165) is 42.9 Å². The van der Waals surface area contributed by atoms with Crippen molar-refractivity contribution in [3.8, 4) is 0 Å². The van der Waals surface area contributed by atoms with Gasteiger partial charge in [0.25, 0.3) is 11.8 Å². The second kappa shape index (κ2) is 7.93. The van der Waals surface area contributed by atoms with E-state index in [0.29, 0.717) is 5.69 Å². The van der Waals surface area contributed by atoms with Crippen molar-refractivity contribution in [1.29, 1.82) is 0 Å². The van der Waals surface area contributed by atoms with Gasteiger partial charge in [-0.1, -0.05) is 18.2 Å². The normalized spacial score (nSPS) is 21.2. The van der Waals surface area contributed by atoms with Gasteiger partial charge in [-0.3, -0.25) is 19.8 Å². The zero-order valence-corrected chi connectivity index (χ0v) is 17.3. The quantitative estimate of drug-likeness (QED) is 0.479. The van der Waals surface area contributed by atoms with E-state index < -0.39 is 11.8 Å². The largest absolute Gasteiger partial charge is 0.376 e. The first-order valence-electron chi connectivity index (χ1n) is 9.70. The molecule has 2 fully saturated rings. The van der Waals surface area contributed by atoms with Crippen molar-refractivity contribution in [2.45, 2.75) is 39.3 Å². The molecule has 29 heavy (non-hydrogen) atoms. The number of nitrogens with one attached hydrogen (secondary N) is 1. The van der Waals surface area contributed by atoms with Gasteiger partial charge in [0.05, 0.1) is 11.8 Å². The number of hydrogen-bond acceptors (Lipinski definition) is 4. The van der Waals surface area contributed by atoms with Gasteiger partial charge >= 0.3 is 0 Å². The summed E-state index contributed by atoms with van der Waals surface area (Å²) in [4.78, 5) is 27.0. The van der Waals surface area contributed by atoms with Crippen molar-refractivity contribution in [1.82, 2.24) is 9.88 Å². The van der Waals surface area contributed by atoms with Gasteiger partial charge < -0.3 is 9.30 Å². The van der Waals surface area contributed by atoms with Crippen molar-refractivity contribution in [2.24, 2.45) is 0 Å². The molecule has 4 rings (SSSR count). The van der Waals surface area contributed by atoms with Crippen molar-refractivity contribution in [3.63, 3.8) is 0 Å². The predicted octanol–water partition coefficient (Wildman–Crippen LogP) is 3.12. The molecule has 1 N–H and O–H groups in total. The van der Waals surface area contributed by atoms with E-state index in [1.54, 1.807) is 18.2 Å². The Morgan fingerprint density at radius 3 is 2.69 bits per heavy atom. The molecule has 0 radical (unpaired) electrons. The molecule has 1 atom stereocenters. The highest BCUT2D eigenvalue weighted by molar-refractivity contribution is 7.80. The molecule has 2 saturated heterocycles. The Morgan fingerprint density at radius 1 is 1.24 bits per heavy atom. The monoisotopic (exact) mass is 409 g/mol. The Hall–Kier alpha value is -2.77. The van der Waals surface area contributed by atoms with Gasteiger partial charge in [0, 0.05) is 24.5 Å². The van der Waals surface area contributed by atoms with Gasteiger partial charge in [-0.25, -0.2) is 0 Å². The van der Waals surface area contributed by atoms with Crippen LogP contribution < -0.4 is 10.2 Å². The average Bonchev–Trinajstić information content (AvgIpc) is 3.30. The molecule has 0 spiro atoms. The van der Waals surface area contributed by atoms with E-state index >= 15 is 0 Å². The summed E-state index contributed by atoms with van der Waals surface area (Å²) in [5.74, 6) is -0.898. The van der Waals surface area contributed by atoms with Crippen LogP contribution in [0.2, 0.25) is 0 Å². The molecule has 1 aromatic carbocycles. The molecule has 6 nitrogen and oxygen atoms in total. The van der Waals surface area contributed by atoms with Gasteiger partial charge in [-0.15, -0.1) is 0 Å². The Bertz CT molecular complexity index is 1000. The number of ether oxygens (including phenoxy) is 1. The average molecular weight is 410 g/mol. The number of carbonyl (C=O) groups is 2. The zero-order chi connectivity index (χ0) is 20.5. The number of amides is 2. The van der Waals surface area contributed by atoms with Crippen LogP contribution >= 0.6 is 12.2 Å². The number of benzene rings is 1. The zero-order valence-electron chi connectivity index (χ0n) is 16.5. The van der Waals surface area contributed by atoms with Crippen LogP contribution in [-0.4, -0.2) is 34.2 Å². The lowest BCUT2D eigenvalue weighted by Crippen LogP contribution is -2.54. The molecule has 150 valence electrons. The number of anilines is 1. The standard InChI is InChI=1S/C22H23N3O3S/c1-14-11-16(15(2)24(14)13-18-9-6-10-28-18)12-19-20(26)23-22(29)25(21(19)27)17-7-4-3-5-8-17/h3-5,7-8,11-12,18H,6,9-10,13H2,1-2H3,(H,23,26,29)/b19-12+/t18-/m1/s1. The summed E-state index contributed by atoms with van der Waals surface area (Å²) in [5.41, 5.74) is 3.62. The summed E-state index contributed by atoms with van der Waals surface area (Å²) in [7, 11) is 0. The minimum atomic E-state index is -0.476. The van der Waals surface area contributed by atoms with Crippen molar-refractivity contribution >= 4 is 40.9 Å². The fourth-order valence-corrected chi connectivity index (χ4v) is 4.15. The molecular formula is C22H23N3O3S. The maximum atomic E-state index is 13.1. The maximum Gasteiger partial charge on any atom is 0.270 e. The van der Waals surface area contributed by atoms with Gasteiger partial charge in [0.15, 0.2) is 5.11 Å². The van der Waals surface area contributed by atoms with Gasteiger partial charge in [0.1, 0.15) is 5.57 Å². The molecule has 0 saturated carbocycles. The van der Waals surface area contributed by atoms with Crippen LogP contribution in [0.5, 0.6) is 0 Å². The predicted molar refractivity (Wildman–Crippen MR) is 116 cm³/mol. The van der Waals surface area contributed by atoms with E-state index in [-0.39, 0.29) is 16.8 Å². The Balaban J connectivity index is 1.67. The molecule has 2 aliphatic rings. The van der Waals surface area contributed by atoms with Crippen LogP contribution in [0, 0.1) is 13.8 Å². The summed E-state index contributed by atoms with van der Waals surface area (Å²) in [6.07, 6.45) is 4.01. The number of nitrogens with zero attached hydrogens (tertiary/aromatic N) is 2. The first-order chi connectivity index (χ1) is 14.0. The summed E-state index contributed by atoms with van der Waals surface area (Å²) in [6, 6.07) is 11.1. The first kappa shape index (κ1) is 19.5. The second-order valence-electron chi connectivity index (χ2n) is 7.37. The Kier molecular flexibility index (Phi) is 5.34. The fraction of sp³-hybridized carbons (Fsp3) is 0.318. The van der Waals surface area contributed by atoms with Crippen LogP contribution in [-0.2, 0) is 20.9 Å². The number of hydrogen-bond donors (Lipinski definition) is 1. The highest BCUT2D eigenvalue weighted by Gasteiger charge is 2.34. The Morgan fingerprint density at radius 2 is 2.00 bits per heavy atom. The van der Waals surface area contributed by atoms with E-state index in [4.69, 9.17) is 17.0 Å². The summed E-state index contributed by atoms with van der Waals surface area (Å²) in [6.45, 7) is 5.61. The fourth-order valence-electron chi connectivity index (χ4n) is 3.87. The molecule has 2 aromatic rings. The maximum absolute atomic E-state index is 13.1. The number of rotatable bonds is 4. The van der Waals surface area contributed by atoms with Crippen LogP contribution in [0.15, 0.2) is 42.0 Å². The molecule has 2 aliphatic heterocycles. The second-order valence-corrected chi connectivity index (χ2v) is 7.75. The molecule has 2 amide bonds. The lowest BCUT2D eigenvalue weighted by molar-refractivity contribution is -0.122. The minimum Gasteiger partial charge on any atom is -0.376 e. The lowest BCUT2D eigenvalue weighted by atomic mass is 10.1. The summed E-state index contributed by atoms with van der Waals surface area (Å²) in [5, 5.41) is 2.72. The highest BCUT2D eigenvalue weighted by atomic mass is 32.1. The third-order valence-electron chi connectivity index (χ3n) is 5.44. The topological polar surface area (TPSA) is 63.6 Å². The molecule has 0 unspecified atom stereocenters. The number of aromatic nitrogens is 1. The smallest absolute Gasteiger partial charge is 0.270 e. The summed E-state index contributed by atoms with van der Waals surface area (Å²) < 4.78 is 7.95. The first-order valence-corrected chi connectivity index (χ1v) is 10.1. The van der Waals surface area contributed by atoms with Crippen LogP contribution in [0.1, 0.15) is 29.8 Å². The number of thiocarbonyl (C=S) groups is 1. The summed E-state index contributed by atoms with van der Waals surface area (Å²) >= 11 is 5.24. The SMILES string of the molecule is Cc1cc(/C=C2\C(=O)NC(=S)N(c3ccccc3)C2=O)c(C)n1C[C@H]1CCCO1. The third kappa shape index (κ3) is 3.75. The Labute approximate surface area is 175 Å². The lowest BCUT2D eigenvalue weighted by Gasteiger charge is -2.28. The van der Waals surface area contributed by atoms with Crippen molar-refractivity contribution in [2.75, 3.05) is 11.5 Å². The number of carbonyl (C=O) groups excluding carboxylic acids is 2. The van der Waals surface area contributed by atoms with Crippen LogP contribution in [0.4, 0.5) is 5.69 Å². The van der Waals surface area contributed by atoms with Gasteiger partial charge in [-0.05, 0) is 68.7 Å². The number of aryl methyl sites for hydroxylation is 1. The van der Waals surface area contributed by atoms with E-state index in [1.165, 1.54) is 4.90 Å². The van der Waals surface area contributed by atoms with Gasteiger partial charge in [-0.2, -0.15) is 0 Å². The van der Waals surface area contributed by atoms with E-state index in [1.807, 2.05) is 38.1 Å².